The van der Waals surface area contributed by atoms with Crippen molar-refractivity contribution >= 4 is 17.4 Å². The fourth-order valence-electron chi connectivity index (χ4n) is 1.89. The van der Waals surface area contributed by atoms with Gasteiger partial charge < -0.3 is 10.2 Å². The second-order valence-corrected chi connectivity index (χ2v) is 5.24. The van der Waals surface area contributed by atoms with E-state index in [1.165, 1.54) is 11.8 Å². The van der Waals surface area contributed by atoms with Crippen molar-refractivity contribution in [1.82, 2.24) is 5.32 Å². The molecule has 88 valence electrons. The van der Waals surface area contributed by atoms with Gasteiger partial charge in [-0.2, -0.15) is 11.8 Å². The van der Waals surface area contributed by atoms with Crippen molar-refractivity contribution in [3.05, 3.63) is 30.1 Å². The van der Waals surface area contributed by atoms with Crippen LogP contribution in [0.4, 0.5) is 10.1 Å². The van der Waals surface area contributed by atoms with Gasteiger partial charge in [0.25, 0.3) is 0 Å². The van der Waals surface area contributed by atoms with E-state index in [0.29, 0.717) is 6.04 Å². The average Bonchev–Trinajstić information content (AvgIpc) is 2.30. The number of thioether (sulfide) groups is 1. The number of nitrogens with one attached hydrogen (secondary N) is 1. The molecule has 1 atom stereocenters. The van der Waals surface area contributed by atoms with E-state index in [9.17, 15) is 4.39 Å². The van der Waals surface area contributed by atoms with Crippen molar-refractivity contribution in [2.75, 3.05) is 36.5 Å². The Morgan fingerprint density at radius 1 is 1.56 bits per heavy atom. The number of hydrogen-bond acceptors (Lipinski definition) is 3. The molecule has 1 N–H and O–H groups in total. The van der Waals surface area contributed by atoms with Crippen molar-refractivity contribution in [3.8, 4) is 0 Å². The lowest BCUT2D eigenvalue weighted by Gasteiger charge is -2.29. The Morgan fingerprint density at radius 3 is 3.12 bits per heavy atom. The summed E-state index contributed by atoms with van der Waals surface area (Å²) in [6, 6.07) is 7.26. The first-order valence-corrected chi connectivity index (χ1v) is 6.69. The topological polar surface area (TPSA) is 15.3 Å². The van der Waals surface area contributed by atoms with Crippen LogP contribution in [-0.4, -0.2) is 37.7 Å². The van der Waals surface area contributed by atoms with Crippen molar-refractivity contribution < 1.29 is 4.39 Å². The number of likely N-dealkylation sites (N-methyl/N-ethyl adjacent to an activating group) is 1. The van der Waals surface area contributed by atoms with Crippen LogP contribution in [0.1, 0.15) is 0 Å². The summed E-state index contributed by atoms with van der Waals surface area (Å²) in [7, 11) is 2.01. The lowest BCUT2D eigenvalue weighted by atomic mass is 10.2. The second-order valence-electron chi connectivity index (χ2n) is 4.09. The third-order valence-electron chi connectivity index (χ3n) is 2.74. The molecule has 0 amide bonds. The van der Waals surface area contributed by atoms with Crippen molar-refractivity contribution in [1.29, 1.82) is 0 Å². The van der Waals surface area contributed by atoms with Crippen LogP contribution in [0.2, 0.25) is 0 Å². The molecule has 2 nitrogen and oxygen atoms in total. The van der Waals surface area contributed by atoms with E-state index in [1.54, 1.807) is 12.1 Å². The molecule has 1 aromatic carbocycles. The summed E-state index contributed by atoms with van der Waals surface area (Å²) in [4.78, 5) is 2.10. The van der Waals surface area contributed by atoms with Crippen LogP contribution in [0.3, 0.4) is 0 Å². The summed E-state index contributed by atoms with van der Waals surface area (Å²) >= 11 is 1.98. The van der Waals surface area contributed by atoms with Gasteiger partial charge in [-0.15, -0.1) is 0 Å². The van der Waals surface area contributed by atoms with E-state index in [0.717, 1.165) is 24.5 Å². The van der Waals surface area contributed by atoms with Gasteiger partial charge in [-0.25, -0.2) is 4.39 Å². The van der Waals surface area contributed by atoms with Gasteiger partial charge >= 0.3 is 0 Å². The number of anilines is 1. The molecule has 1 fully saturated rings. The van der Waals surface area contributed by atoms with E-state index < -0.39 is 0 Å². The van der Waals surface area contributed by atoms with E-state index in [1.807, 2.05) is 24.9 Å². The van der Waals surface area contributed by atoms with E-state index in [4.69, 9.17) is 0 Å². The summed E-state index contributed by atoms with van der Waals surface area (Å²) < 4.78 is 13.1. The maximum absolute atomic E-state index is 13.1. The summed E-state index contributed by atoms with van der Waals surface area (Å²) in [5.74, 6) is 2.16. The molecule has 2 rings (SSSR count). The van der Waals surface area contributed by atoms with Crippen LogP contribution in [-0.2, 0) is 0 Å². The molecule has 1 aromatic rings. The van der Waals surface area contributed by atoms with Gasteiger partial charge in [0.15, 0.2) is 0 Å². The lowest BCUT2D eigenvalue weighted by Crippen LogP contribution is -2.45. The van der Waals surface area contributed by atoms with Crippen LogP contribution in [0.5, 0.6) is 0 Å². The third kappa shape index (κ3) is 3.12. The Bertz CT molecular complexity index is 340. The molecular formula is C12H17FN2S. The van der Waals surface area contributed by atoms with Crippen LogP contribution in [0, 0.1) is 5.82 Å². The Labute approximate surface area is 100 Å². The van der Waals surface area contributed by atoms with E-state index in [-0.39, 0.29) is 5.82 Å². The minimum Gasteiger partial charge on any atom is -0.373 e. The highest BCUT2D eigenvalue weighted by molar-refractivity contribution is 7.99. The Hall–Kier alpha value is -0.740. The predicted octanol–water partition coefficient (Wildman–Crippen LogP) is 1.97. The van der Waals surface area contributed by atoms with Gasteiger partial charge in [-0.3, -0.25) is 0 Å². The number of rotatable bonds is 3. The first-order chi connectivity index (χ1) is 7.75. The van der Waals surface area contributed by atoms with Crippen molar-refractivity contribution in [2.45, 2.75) is 6.04 Å². The lowest BCUT2D eigenvalue weighted by molar-refractivity contribution is 0.561. The molecule has 0 aromatic heterocycles. The molecule has 0 spiro atoms. The SMILES string of the molecule is CN(CC1CSCCN1)c1cccc(F)c1. The number of benzene rings is 1. The highest BCUT2D eigenvalue weighted by Crippen LogP contribution is 2.16. The first-order valence-electron chi connectivity index (χ1n) is 5.53. The van der Waals surface area contributed by atoms with Gasteiger partial charge in [-0.05, 0) is 18.2 Å². The third-order valence-corrected chi connectivity index (χ3v) is 3.87. The molecule has 1 saturated heterocycles. The van der Waals surface area contributed by atoms with Crippen LogP contribution in [0.25, 0.3) is 0 Å². The monoisotopic (exact) mass is 240 g/mol. The molecule has 1 heterocycles. The number of halogens is 1. The average molecular weight is 240 g/mol. The quantitative estimate of drug-likeness (QED) is 0.869. The summed E-state index contributed by atoms with van der Waals surface area (Å²) in [6.07, 6.45) is 0. The summed E-state index contributed by atoms with van der Waals surface area (Å²) in [5.41, 5.74) is 0.942. The predicted molar refractivity (Wildman–Crippen MR) is 68.8 cm³/mol. The summed E-state index contributed by atoms with van der Waals surface area (Å²) in [5, 5.41) is 3.48. The normalized spacial score (nSPS) is 20.8. The number of hydrogen-bond donors (Lipinski definition) is 1. The standard InChI is InChI=1S/C12H17FN2S/c1-15(8-11-9-16-6-5-14-11)12-4-2-3-10(13)7-12/h2-4,7,11,14H,5-6,8-9H2,1H3. The molecule has 0 bridgehead atoms. The molecule has 1 unspecified atom stereocenters. The minimum atomic E-state index is -0.171. The van der Waals surface area contributed by atoms with Gasteiger partial charge in [-0.1, -0.05) is 6.07 Å². The Balaban J connectivity index is 1.94. The van der Waals surface area contributed by atoms with Crippen LogP contribution in [0.15, 0.2) is 24.3 Å². The van der Waals surface area contributed by atoms with Crippen LogP contribution >= 0.6 is 11.8 Å². The van der Waals surface area contributed by atoms with Gasteiger partial charge in [0.1, 0.15) is 5.82 Å². The Kier molecular flexibility index (Phi) is 4.07. The highest BCUT2D eigenvalue weighted by Gasteiger charge is 2.15. The zero-order valence-corrected chi connectivity index (χ0v) is 10.3. The van der Waals surface area contributed by atoms with Crippen molar-refractivity contribution in [2.24, 2.45) is 0 Å². The zero-order valence-electron chi connectivity index (χ0n) is 9.45. The molecule has 0 saturated carbocycles. The maximum atomic E-state index is 13.1. The van der Waals surface area contributed by atoms with Gasteiger partial charge in [0.05, 0.1) is 0 Å². The van der Waals surface area contributed by atoms with Crippen molar-refractivity contribution in [3.63, 3.8) is 0 Å². The second kappa shape index (κ2) is 5.55. The molecular weight excluding hydrogens is 223 g/mol. The maximum Gasteiger partial charge on any atom is 0.125 e. The van der Waals surface area contributed by atoms with Crippen LogP contribution < -0.4 is 10.2 Å². The molecule has 16 heavy (non-hydrogen) atoms. The molecule has 0 radical (unpaired) electrons. The van der Waals surface area contributed by atoms with E-state index in [2.05, 4.69) is 10.2 Å². The zero-order chi connectivity index (χ0) is 11.4. The van der Waals surface area contributed by atoms with Gasteiger partial charge in [0.2, 0.25) is 0 Å². The molecule has 0 aliphatic carbocycles. The largest absolute Gasteiger partial charge is 0.373 e. The fourth-order valence-corrected chi connectivity index (χ4v) is 2.82. The molecule has 4 heteroatoms. The minimum absolute atomic E-state index is 0.171. The van der Waals surface area contributed by atoms with Gasteiger partial charge in [0, 0.05) is 43.4 Å². The molecule has 1 aliphatic rings. The summed E-state index contributed by atoms with van der Waals surface area (Å²) in [6.45, 7) is 2.00. The smallest absolute Gasteiger partial charge is 0.125 e. The Morgan fingerprint density at radius 2 is 2.44 bits per heavy atom. The fraction of sp³-hybridized carbons (Fsp3) is 0.500. The first kappa shape index (κ1) is 11.7. The van der Waals surface area contributed by atoms with E-state index >= 15 is 0 Å². The highest BCUT2D eigenvalue weighted by atomic mass is 32.2. The molecule has 1 aliphatic heterocycles. The number of nitrogens with zero attached hydrogens (tertiary/aromatic N) is 1.